The van der Waals surface area contributed by atoms with Crippen molar-refractivity contribution < 1.29 is 8.42 Å². The van der Waals surface area contributed by atoms with Crippen LogP contribution in [0.3, 0.4) is 0 Å². The SMILES string of the molecule is NC1CCCCCCC1S(=O)(=O)c1ccccc1. The van der Waals surface area contributed by atoms with Gasteiger partial charge in [0.05, 0.1) is 10.1 Å². The van der Waals surface area contributed by atoms with Crippen molar-refractivity contribution in [3.63, 3.8) is 0 Å². The van der Waals surface area contributed by atoms with Crippen LogP contribution < -0.4 is 5.73 Å². The van der Waals surface area contributed by atoms with Crippen molar-refractivity contribution in [2.75, 3.05) is 0 Å². The zero-order chi connectivity index (χ0) is 13.0. The second-order valence-corrected chi connectivity index (χ2v) is 7.22. The summed E-state index contributed by atoms with van der Waals surface area (Å²) >= 11 is 0. The van der Waals surface area contributed by atoms with E-state index in [4.69, 9.17) is 5.73 Å². The molecule has 0 aromatic heterocycles. The van der Waals surface area contributed by atoms with Crippen molar-refractivity contribution in [3.05, 3.63) is 30.3 Å². The zero-order valence-corrected chi connectivity index (χ0v) is 11.4. The quantitative estimate of drug-likeness (QED) is 0.895. The van der Waals surface area contributed by atoms with Crippen LogP contribution in [0.1, 0.15) is 38.5 Å². The van der Waals surface area contributed by atoms with E-state index in [9.17, 15) is 8.42 Å². The molecule has 3 nitrogen and oxygen atoms in total. The first-order valence-electron chi connectivity index (χ1n) is 6.67. The third kappa shape index (κ3) is 2.93. The molecule has 2 atom stereocenters. The minimum Gasteiger partial charge on any atom is -0.327 e. The highest BCUT2D eigenvalue weighted by molar-refractivity contribution is 7.92. The van der Waals surface area contributed by atoms with Crippen molar-refractivity contribution in [2.24, 2.45) is 5.73 Å². The zero-order valence-electron chi connectivity index (χ0n) is 10.6. The van der Waals surface area contributed by atoms with E-state index in [1.807, 2.05) is 6.07 Å². The molecule has 2 rings (SSSR count). The summed E-state index contributed by atoms with van der Waals surface area (Å²) in [6.45, 7) is 0. The lowest BCUT2D eigenvalue weighted by Gasteiger charge is -2.26. The largest absolute Gasteiger partial charge is 0.327 e. The maximum atomic E-state index is 12.6. The van der Waals surface area contributed by atoms with Crippen LogP contribution in [0, 0.1) is 0 Å². The fourth-order valence-electron chi connectivity index (χ4n) is 2.65. The monoisotopic (exact) mass is 267 g/mol. The first-order chi connectivity index (χ1) is 8.62. The number of hydrogen-bond acceptors (Lipinski definition) is 3. The molecule has 0 bridgehead atoms. The van der Waals surface area contributed by atoms with E-state index in [-0.39, 0.29) is 6.04 Å². The number of nitrogens with two attached hydrogens (primary N) is 1. The third-order valence-electron chi connectivity index (χ3n) is 3.72. The second-order valence-electron chi connectivity index (χ2n) is 5.05. The van der Waals surface area contributed by atoms with Gasteiger partial charge in [-0.2, -0.15) is 0 Å². The Hall–Kier alpha value is -0.870. The molecule has 0 spiro atoms. The van der Waals surface area contributed by atoms with E-state index < -0.39 is 15.1 Å². The standard InChI is InChI=1S/C14H21NO2S/c15-13-10-6-1-2-7-11-14(13)18(16,17)12-8-4-3-5-9-12/h3-5,8-9,13-14H,1-2,6-7,10-11,15H2. The van der Waals surface area contributed by atoms with Crippen LogP contribution in [-0.2, 0) is 9.84 Å². The van der Waals surface area contributed by atoms with E-state index in [0.717, 1.165) is 25.7 Å². The van der Waals surface area contributed by atoms with Gasteiger partial charge in [0.15, 0.2) is 9.84 Å². The van der Waals surface area contributed by atoms with Gasteiger partial charge in [0.2, 0.25) is 0 Å². The van der Waals surface area contributed by atoms with Crippen LogP contribution in [0.25, 0.3) is 0 Å². The molecule has 100 valence electrons. The summed E-state index contributed by atoms with van der Waals surface area (Å²) < 4.78 is 25.2. The number of hydrogen-bond donors (Lipinski definition) is 1. The van der Waals surface area contributed by atoms with E-state index in [0.29, 0.717) is 11.3 Å². The van der Waals surface area contributed by atoms with Gasteiger partial charge in [-0.3, -0.25) is 0 Å². The molecular formula is C14H21NO2S. The van der Waals surface area contributed by atoms with E-state index in [1.54, 1.807) is 24.3 Å². The maximum Gasteiger partial charge on any atom is 0.182 e. The van der Waals surface area contributed by atoms with Gasteiger partial charge in [0.25, 0.3) is 0 Å². The molecule has 1 saturated carbocycles. The Balaban J connectivity index is 2.27. The Kier molecular flexibility index (Phi) is 4.40. The molecule has 18 heavy (non-hydrogen) atoms. The fourth-order valence-corrected chi connectivity index (χ4v) is 4.61. The van der Waals surface area contributed by atoms with Crippen molar-refractivity contribution >= 4 is 9.84 Å². The second kappa shape index (κ2) is 5.85. The average Bonchev–Trinajstić information content (AvgIpc) is 2.35. The van der Waals surface area contributed by atoms with Gasteiger partial charge in [-0.25, -0.2) is 8.42 Å². The molecule has 4 heteroatoms. The minimum atomic E-state index is -3.28. The van der Waals surface area contributed by atoms with Crippen molar-refractivity contribution in [1.29, 1.82) is 0 Å². The summed E-state index contributed by atoms with van der Waals surface area (Å²) in [6.07, 6.45) is 5.81. The van der Waals surface area contributed by atoms with Crippen LogP contribution in [0.15, 0.2) is 35.2 Å². The van der Waals surface area contributed by atoms with E-state index in [1.165, 1.54) is 6.42 Å². The summed E-state index contributed by atoms with van der Waals surface area (Å²) in [6, 6.07) is 8.47. The average molecular weight is 267 g/mol. The molecule has 0 heterocycles. The lowest BCUT2D eigenvalue weighted by Crippen LogP contribution is -2.41. The lowest BCUT2D eigenvalue weighted by atomic mass is 9.97. The Morgan fingerprint density at radius 2 is 1.56 bits per heavy atom. The highest BCUT2D eigenvalue weighted by atomic mass is 32.2. The molecule has 2 unspecified atom stereocenters. The highest BCUT2D eigenvalue weighted by Crippen LogP contribution is 2.26. The van der Waals surface area contributed by atoms with E-state index in [2.05, 4.69) is 0 Å². The molecule has 0 amide bonds. The summed E-state index contributed by atoms with van der Waals surface area (Å²) in [5.74, 6) is 0. The maximum absolute atomic E-state index is 12.6. The third-order valence-corrected chi connectivity index (χ3v) is 6.04. The summed E-state index contributed by atoms with van der Waals surface area (Å²) in [7, 11) is -3.28. The predicted molar refractivity (Wildman–Crippen MR) is 73.1 cm³/mol. The van der Waals surface area contributed by atoms with Gasteiger partial charge >= 0.3 is 0 Å². The Morgan fingerprint density at radius 3 is 2.22 bits per heavy atom. The highest BCUT2D eigenvalue weighted by Gasteiger charge is 2.32. The minimum absolute atomic E-state index is 0.226. The van der Waals surface area contributed by atoms with Crippen LogP contribution >= 0.6 is 0 Å². The molecule has 0 aliphatic heterocycles. The molecule has 2 N–H and O–H groups in total. The number of benzene rings is 1. The van der Waals surface area contributed by atoms with Crippen LogP contribution in [0.2, 0.25) is 0 Å². The molecule has 1 aliphatic carbocycles. The molecule has 1 fully saturated rings. The Labute approximate surface area is 109 Å². The van der Waals surface area contributed by atoms with Gasteiger partial charge in [0, 0.05) is 6.04 Å². The number of rotatable bonds is 2. The van der Waals surface area contributed by atoms with Gasteiger partial charge in [-0.05, 0) is 25.0 Å². The van der Waals surface area contributed by atoms with Crippen molar-refractivity contribution in [2.45, 2.75) is 54.7 Å². The van der Waals surface area contributed by atoms with Crippen molar-refractivity contribution in [1.82, 2.24) is 0 Å². The normalized spacial score (nSPS) is 26.3. The summed E-state index contributed by atoms with van der Waals surface area (Å²) in [4.78, 5) is 0.408. The predicted octanol–water partition coefficient (Wildman–Crippen LogP) is 2.51. The summed E-state index contributed by atoms with van der Waals surface area (Å²) in [5, 5.41) is -0.416. The smallest absolute Gasteiger partial charge is 0.182 e. The Morgan fingerprint density at radius 1 is 0.944 bits per heavy atom. The van der Waals surface area contributed by atoms with Gasteiger partial charge < -0.3 is 5.73 Å². The molecule has 0 radical (unpaired) electrons. The summed E-state index contributed by atoms with van der Waals surface area (Å²) in [5.41, 5.74) is 6.09. The fraction of sp³-hybridized carbons (Fsp3) is 0.571. The van der Waals surface area contributed by atoms with E-state index >= 15 is 0 Å². The topological polar surface area (TPSA) is 60.2 Å². The molecular weight excluding hydrogens is 246 g/mol. The molecule has 1 aliphatic rings. The van der Waals surface area contributed by atoms with Crippen LogP contribution in [-0.4, -0.2) is 19.7 Å². The molecule has 0 saturated heterocycles. The number of sulfone groups is 1. The van der Waals surface area contributed by atoms with Crippen molar-refractivity contribution in [3.8, 4) is 0 Å². The first-order valence-corrected chi connectivity index (χ1v) is 8.21. The van der Waals surface area contributed by atoms with Crippen LogP contribution in [0.5, 0.6) is 0 Å². The first kappa shape index (κ1) is 13.6. The van der Waals surface area contributed by atoms with Gasteiger partial charge in [-0.1, -0.05) is 43.9 Å². The van der Waals surface area contributed by atoms with Gasteiger partial charge in [0.1, 0.15) is 0 Å². The molecule has 1 aromatic carbocycles. The van der Waals surface area contributed by atoms with Gasteiger partial charge in [-0.15, -0.1) is 0 Å². The van der Waals surface area contributed by atoms with Crippen LogP contribution in [0.4, 0.5) is 0 Å². The molecule has 1 aromatic rings. The lowest BCUT2D eigenvalue weighted by molar-refractivity contribution is 0.444. The Bertz CT molecular complexity index is 470.